The number of amides is 1. The number of carboxylic acid groups (broad SMARTS) is 1. The molecule has 0 fully saturated rings. The summed E-state index contributed by atoms with van der Waals surface area (Å²) in [5.74, 6) is -4.52. The second-order valence-corrected chi connectivity index (χ2v) is 2.66. The number of alkyl halides is 3. The Kier molecular flexibility index (Phi) is 4.05. The maximum Gasteiger partial charge on any atom is 0.471 e. The van der Waals surface area contributed by atoms with Gasteiger partial charge >= 0.3 is 18.1 Å². The molecule has 0 bridgehead atoms. The number of halogens is 3. The lowest BCUT2D eigenvalue weighted by Crippen LogP contribution is -2.62. The van der Waals surface area contributed by atoms with E-state index < -0.39 is 36.8 Å². The summed E-state index contributed by atoms with van der Waals surface area (Å²) in [5, 5.41) is 26.5. The maximum atomic E-state index is 11.7. The van der Waals surface area contributed by atoms with E-state index in [1.807, 2.05) is 0 Å². The van der Waals surface area contributed by atoms with Gasteiger partial charge in [-0.05, 0) is 0 Å². The lowest BCUT2D eigenvalue weighted by atomic mass is 10.0. The summed E-state index contributed by atoms with van der Waals surface area (Å²) < 4.78 is 35.2. The number of hydrogen-bond donors (Lipinski definition) is 4. The molecule has 0 atom stereocenters. The standard InChI is InChI=1S/C6H8F3NO5/c7-6(8,9)3(13)10-5(1-11,2-12)4(14)15/h11-12H,1-2H2,(H,10,13)(H,14,15). The predicted octanol–water partition coefficient (Wildman–Crippen LogP) is -1.53. The molecule has 0 rings (SSSR count). The quantitative estimate of drug-likeness (QED) is 0.469. The van der Waals surface area contributed by atoms with Gasteiger partial charge in [0, 0.05) is 0 Å². The molecule has 4 N–H and O–H groups in total. The summed E-state index contributed by atoms with van der Waals surface area (Å²) >= 11 is 0. The molecule has 0 saturated heterocycles. The SMILES string of the molecule is O=C(NC(CO)(CO)C(=O)O)C(F)(F)F. The molecule has 0 aliphatic heterocycles. The minimum atomic E-state index is -5.29. The van der Waals surface area contributed by atoms with Gasteiger partial charge in [-0.1, -0.05) is 0 Å². The number of aliphatic hydroxyl groups excluding tert-OH is 2. The van der Waals surface area contributed by atoms with Crippen LogP contribution in [0, 0.1) is 0 Å². The van der Waals surface area contributed by atoms with Crippen molar-refractivity contribution in [2.45, 2.75) is 11.7 Å². The smallest absolute Gasteiger partial charge is 0.471 e. The van der Waals surface area contributed by atoms with Crippen molar-refractivity contribution < 1.29 is 38.1 Å². The van der Waals surface area contributed by atoms with E-state index in [0.717, 1.165) is 5.32 Å². The largest absolute Gasteiger partial charge is 0.479 e. The van der Waals surface area contributed by atoms with Crippen molar-refractivity contribution in [3.63, 3.8) is 0 Å². The molecule has 0 saturated carbocycles. The van der Waals surface area contributed by atoms with Crippen LogP contribution in [0.25, 0.3) is 0 Å². The van der Waals surface area contributed by atoms with Crippen LogP contribution in [0.4, 0.5) is 13.2 Å². The Balaban J connectivity index is 4.85. The van der Waals surface area contributed by atoms with E-state index in [1.165, 1.54) is 0 Å². The molecule has 0 aliphatic carbocycles. The summed E-state index contributed by atoms with van der Waals surface area (Å²) in [4.78, 5) is 20.8. The predicted molar refractivity (Wildman–Crippen MR) is 38.7 cm³/mol. The molecule has 9 heteroatoms. The summed E-state index contributed by atoms with van der Waals surface area (Å²) in [7, 11) is 0. The molecule has 15 heavy (non-hydrogen) atoms. The Morgan fingerprint density at radius 1 is 1.13 bits per heavy atom. The molecule has 0 aromatic heterocycles. The van der Waals surface area contributed by atoms with Crippen LogP contribution in [0.2, 0.25) is 0 Å². The molecule has 0 heterocycles. The highest BCUT2D eigenvalue weighted by atomic mass is 19.4. The Morgan fingerprint density at radius 3 is 1.73 bits per heavy atom. The molecule has 88 valence electrons. The fourth-order valence-electron chi connectivity index (χ4n) is 0.606. The van der Waals surface area contributed by atoms with Gasteiger partial charge in [0.05, 0.1) is 13.2 Å². The number of carbonyl (C=O) groups is 2. The van der Waals surface area contributed by atoms with Crippen LogP contribution in [-0.4, -0.2) is 52.1 Å². The van der Waals surface area contributed by atoms with Crippen molar-refractivity contribution in [1.82, 2.24) is 5.32 Å². The number of nitrogens with one attached hydrogen (secondary N) is 1. The highest BCUT2D eigenvalue weighted by molar-refractivity contribution is 5.89. The van der Waals surface area contributed by atoms with E-state index >= 15 is 0 Å². The summed E-state index contributed by atoms with van der Waals surface area (Å²) in [6.45, 7) is -2.72. The van der Waals surface area contributed by atoms with Gasteiger partial charge in [-0.15, -0.1) is 0 Å². The average molecular weight is 231 g/mol. The highest BCUT2D eigenvalue weighted by Gasteiger charge is 2.47. The van der Waals surface area contributed by atoms with Crippen molar-refractivity contribution in [1.29, 1.82) is 0 Å². The molecular formula is C6H8F3NO5. The lowest BCUT2D eigenvalue weighted by Gasteiger charge is -2.26. The van der Waals surface area contributed by atoms with Gasteiger partial charge in [-0.25, -0.2) is 4.79 Å². The van der Waals surface area contributed by atoms with E-state index in [0.29, 0.717) is 0 Å². The van der Waals surface area contributed by atoms with Crippen LogP contribution in [0.15, 0.2) is 0 Å². The zero-order valence-electron chi connectivity index (χ0n) is 7.21. The monoisotopic (exact) mass is 231 g/mol. The molecular weight excluding hydrogens is 223 g/mol. The number of aliphatic carboxylic acids is 1. The molecule has 0 aromatic carbocycles. The minimum absolute atomic E-state index is 1.01. The Hall–Kier alpha value is -1.35. The summed E-state index contributed by atoms with van der Waals surface area (Å²) in [5.41, 5.74) is -2.73. The second kappa shape index (κ2) is 4.45. The third kappa shape index (κ3) is 3.06. The Labute approximate surface area is 81.3 Å². The molecule has 0 spiro atoms. The van der Waals surface area contributed by atoms with Crippen LogP contribution >= 0.6 is 0 Å². The van der Waals surface area contributed by atoms with E-state index in [-0.39, 0.29) is 0 Å². The van der Waals surface area contributed by atoms with Gasteiger partial charge in [-0.3, -0.25) is 4.79 Å². The third-order valence-corrected chi connectivity index (χ3v) is 1.56. The average Bonchev–Trinajstić information content (AvgIpc) is 2.11. The van der Waals surface area contributed by atoms with Crippen molar-refractivity contribution in [2.75, 3.05) is 13.2 Å². The van der Waals surface area contributed by atoms with Gasteiger partial charge in [0.15, 0.2) is 5.54 Å². The normalized spacial score (nSPS) is 12.3. The van der Waals surface area contributed by atoms with Crippen molar-refractivity contribution in [3.8, 4) is 0 Å². The van der Waals surface area contributed by atoms with Crippen LogP contribution in [-0.2, 0) is 9.59 Å². The zero-order chi connectivity index (χ0) is 12.3. The number of rotatable bonds is 4. The number of carbonyl (C=O) groups excluding carboxylic acids is 1. The molecule has 1 amide bonds. The second-order valence-electron chi connectivity index (χ2n) is 2.66. The van der Waals surface area contributed by atoms with E-state index in [2.05, 4.69) is 0 Å². The van der Waals surface area contributed by atoms with Crippen LogP contribution < -0.4 is 5.32 Å². The van der Waals surface area contributed by atoms with Gasteiger partial charge in [0.2, 0.25) is 0 Å². The molecule has 0 radical (unpaired) electrons. The molecule has 0 aromatic rings. The number of carboxylic acids is 1. The molecule has 6 nitrogen and oxygen atoms in total. The topological polar surface area (TPSA) is 107 Å². The molecule has 0 unspecified atom stereocenters. The Bertz CT molecular complexity index is 260. The van der Waals surface area contributed by atoms with E-state index in [1.54, 1.807) is 0 Å². The summed E-state index contributed by atoms with van der Waals surface area (Å²) in [6, 6.07) is 0. The van der Waals surface area contributed by atoms with E-state index in [4.69, 9.17) is 15.3 Å². The fourth-order valence-corrected chi connectivity index (χ4v) is 0.606. The van der Waals surface area contributed by atoms with Gasteiger partial charge in [-0.2, -0.15) is 13.2 Å². The van der Waals surface area contributed by atoms with Crippen LogP contribution in [0.5, 0.6) is 0 Å². The summed E-state index contributed by atoms with van der Waals surface area (Å²) in [6.07, 6.45) is -5.29. The lowest BCUT2D eigenvalue weighted by molar-refractivity contribution is -0.179. The first-order valence-electron chi connectivity index (χ1n) is 3.54. The van der Waals surface area contributed by atoms with Crippen molar-refractivity contribution >= 4 is 11.9 Å². The van der Waals surface area contributed by atoms with Crippen molar-refractivity contribution in [2.24, 2.45) is 0 Å². The molecule has 0 aliphatic rings. The number of hydrogen-bond acceptors (Lipinski definition) is 4. The first kappa shape index (κ1) is 13.7. The first-order chi connectivity index (χ1) is 6.69. The minimum Gasteiger partial charge on any atom is -0.479 e. The Morgan fingerprint density at radius 2 is 1.53 bits per heavy atom. The zero-order valence-corrected chi connectivity index (χ0v) is 7.21. The van der Waals surface area contributed by atoms with Gasteiger partial charge in [0.25, 0.3) is 0 Å². The first-order valence-corrected chi connectivity index (χ1v) is 3.54. The van der Waals surface area contributed by atoms with Crippen LogP contribution in [0.1, 0.15) is 0 Å². The van der Waals surface area contributed by atoms with Gasteiger partial charge in [0.1, 0.15) is 0 Å². The fraction of sp³-hybridized carbons (Fsp3) is 0.667. The highest BCUT2D eigenvalue weighted by Crippen LogP contribution is 2.16. The number of aliphatic hydroxyl groups is 2. The third-order valence-electron chi connectivity index (χ3n) is 1.56. The van der Waals surface area contributed by atoms with Crippen LogP contribution in [0.3, 0.4) is 0 Å². The maximum absolute atomic E-state index is 11.7. The van der Waals surface area contributed by atoms with E-state index in [9.17, 15) is 22.8 Å². The van der Waals surface area contributed by atoms with Gasteiger partial charge < -0.3 is 20.6 Å². The van der Waals surface area contributed by atoms with Crippen molar-refractivity contribution in [3.05, 3.63) is 0 Å².